The van der Waals surface area contributed by atoms with E-state index in [1.165, 1.54) is 58.2 Å². The van der Waals surface area contributed by atoms with Crippen LogP contribution in [0.25, 0.3) is 0 Å². The number of piperidine rings is 1. The molecule has 1 aliphatic heterocycles. The molecule has 0 aromatic heterocycles. The Morgan fingerprint density at radius 1 is 1.10 bits per heavy atom. The average molecular weight is 281 g/mol. The van der Waals surface area contributed by atoms with Gasteiger partial charge in [0, 0.05) is 13.0 Å². The van der Waals surface area contributed by atoms with Crippen LogP contribution in [0.1, 0.15) is 64.7 Å². The SMILES string of the molecule is CCOC(=O)CCCCCN1CCC2CCCCC2C1. The van der Waals surface area contributed by atoms with Gasteiger partial charge in [0.05, 0.1) is 6.61 Å². The zero-order chi connectivity index (χ0) is 14.2. The van der Waals surface area contributed by atoms with Crippen LogP contribution in [0.2, 0.25) is 0 Å². The smallest absolute Gasteiger partial charge is 0.305 e. The number of carbonyl (C=O) groups excluding carboxylic acids is 1. The van der Waals surface area contributed by atoms with Crippen LogP contribution in [0.5, 0.6) is 0 Å². The normalized spacial score (nSPS) is 27.1. The molecule has 0 aromatic carbocycles. The summed E-state index contributed by atoms with van der Waals surface area (Å²) in [6.45, 7) is 6.25. The van der Waals surface area contributed by atoms with Gasteiger partial charge in [-0.25, -0.2) is 0 Å². The van der Waals surface area contributed by atoms with Gasteiger partial charge in [-0.05, 0) is 57.5 Å². The Morgan fingerprint density at radius 2 is 1.90 bits per heavy atom. The first kappa shape index (κ1) is 15.8. The summed E-state index contributed by atoms with van der Waals surface area (Å²) in [7, 11) is 0. The minimum Gasteiger partial charge on any atom is -0.466 e. The minimum absolute atomic E-state index is 0.0319. The third-order valence-corrected chi connectivity index (χ3v) is 5.04. The van der Waals surface area contributed by atoms with Gasteiger partial charge in [-0.3, -0.25) is 4.79 Å². The highest BCUT2D eigenvalue weighted by atomic mass is 16.5. The molecule has 3 heteroatoms. The van der Waals surface area contributed by atoms with Crippen LogP contribution in [0, 0.1) is 11.8 Å². The minimum atomic E-state index is -0.0319. The lowest BCUT2D eigenvalue weighted by Crippen LogP contribution is -2.42. The fourth-order valence-electron chi connectivity index (χ4n) is 3.89. The largest absolute Gasteiger partial charge is 0.466 e. The molecule has 1 heterocycles. The second-order valence-corrected chi connectivity index (χ2v) is 6.51. The number of nitrogens with zero attached hydrogens (tertiary/aromatic N) is 1. The Hall–Kier alpha value is -0.570. The van der Waals surface area contributed by atoms with E-state index in [2.05, 4.69) is 4.90 Å². The van der Waals surface area contributed by atoms with Crippen LogP contribution in [0.4, 0.5) is 0 Å². The van der Waals surface area contributed by atoms with Crippen LogP contribution in [-0.2, 0) is 9.53 Å². The monoisotopic (exact) mass is 281 g/mol. The fraction of sp³-hybridized carbons (Fsp3) is 0.941. The molecule has 0 radical (unpaired) electrons. The molecule has 0 amide bonds. The molecule has 20 heavy (non-hydrogen) atoms. The van der Waals surface area contributed by atoms with E-state index in [4.69, 9.17) is 4.74 Å². The molecule has 116 valence electrons. The van der Waals surface area contributed by atoms with Crippen molar-refractivity contribution < 1.29 is 9.53 Å². The summed E-state index contributed by atoms with van der Waals surface area (Å²) >= 11 is 0. The van der Waals surface area contributed by atoms with Crippen molar-refractivity contribution in [3.05, 3.63) is 0 Å². The summed E-state index contributed by atoms with van der Waals surface area (Å²) in [5.74, 6) is 1.98. The maximum atomic E-state index is 11.2. The van der Waals surface area contributed by atoms with Crippen molar-refractivity contribution in [2.24, 2.45) is 11.8 Å². The first-order valence-corrected chi connectivity index (χ1v) is 8.67. The molecule has 1 saturated heterocycles. The Bertz CT molecular complexity index is 293. The van der Waals surface area contributed by atoms with Crippen LogP contribution >= 0.6 is 0 Å². The number of likely N-dealkylation sites (tertiary alicyclic amines) is 1. The Balaban J connectivity index is 1.53. The van der Waals surface area contributed by atoms with Crippen molar-refractivity contribution in [1.29, 1.82) is 0 Å². The maximum absolute atomic E-state index is 11.2. The molecule has 3 nitrogen and oxygen atoms in total. The number of carbonyl (C=O) groups is 1. The quantitative estimate of drug-likeness (QED) is 0.527. The van der Waals surface area contributed by atoms with E-state index in [-0.39, 0.29) is 5.97 Å². The van der Waals surface area contributed by atoms with Crippen molar-refractivity contribution >= 4 is 5.97 Å². The predicted molar refractivity (Wildman–Crippen MR) is 81.6 cm³/mol. The molecular formula is C17H31NO2. The van der Waals surface area contributed by atoms with Crippen LogP contribution in [0.15, 0.2) is 0 Å². The van der Waals surface area contributed by atoms with Crippen molar-refractivity contribution in [3.63, 3.8) is 0 Å². The molecule has 1 saturated carbocycles. The molecule has 2 rings (SSSR count). The summed E-state index contributed by atoms with van der Waals surface area (Å²) in [5, 5.41) is 0. The van der Waals surface area contributed by atoms with Gasteiger partial charge >= 0.3 is 5.97 Å². The molecule has 0 spiro atoms. The average Bonchev–Trinajstić information content (AvgIpc) is 2.47. The van der Waals surface area contributed by atoms with Gasteiger partial charge < -0.3 is 9.64 Å². The van der Waals surface area contributed by atoms with E-state index >= 15 is 0 Å². The number of rotatable bonds is 7. The Labute approximate surface area is 124 Å². The van der Waals surface area contributed by atoms with E-state index in [9.17, 15) is 4.79 Å². The summed E-state index contributed by atoms with van der Waals surface area (Å²) in [5.41, 5.74) is 0. The molecule has 0 bridgehead atoms. The lowest BCUT2D eigenvalue weighted by Gasteiger charge is -2.41. The molecule has 2 unspecified atom stereocenters. The molecule has 2 aliphatic rings. The highest BCUT2D eigenvalue weighted by Crippen LogP contribution is 2.35. The summed E-state index contributed by atoms with van der Waals surface area (Å²) < 4.78 is 4.95. The number of ether oxygens (including phenoxy) is 1. The molecular weight excluding hydrogens is 250 g/mol. The van der Waals surface area contributed by atoms with E-state index in [1.54, 1.807) is 0 Å². The van der Waals surface area contributed by atoms with Crippen LogP contribution in [-0.4, -0.2) is 37.1 Å². The van der Waals surface area contributed by atoms with Gasteiger partial charge in [0.25, 0.3) is 0 Å². The standard InChI is InChI=1S/C17H31NO2/c1-2-20-17(19)10-4-3-7-12-18-13-11-15-8-5-6-9-16(15)14-18/h15-16H,2-14H2,1H3. The van der Waals surface area contributed by atoms with Crippen LogP contribution < -0.4 is 0 Å². The number of unbranched alkanes of at least 4 members (excludes halogenated alkanes) is 2. The van der Waals surface area contributed by atoms with E-state index in [1.807, 2.05) is 6.92 Å². The number of fused-ring (bicyclic) bond motifs is 1. The highest BCUT2D eigenvalue weighted by molar-refractivity contribution is 5.69. The molecule has 1 aliphatic carbocycles. The summed E-state index contributed by atoms with van der Waals surface area (Å²) in [6.07, 6.45) is 11.3. The summed E-state index contributed by atoms with van der Waals surface area (Å²) in [6, 6.07) is 0. The third kappa shape index (κ3) is 5.08. The van der Waals surface area contributed by atoms with Crippen molar-refractivity contribution in [2.75, 3.05) is 26.2 Å². The van der Waals surface area contributed by atoms with Gasteiger partial charge in [0.15, 0.2) is 0 Å². The number of hydrogen-bond donors (Lipinski definition) is 0. The lowest BCUT2D eigenvalue weighted by atomic mass is 9.75. The van der Waals surface area contributed by atoms with Gasteiger partial charge in [-0.1, -0.05) is 25.7 Å². The maximum Gasteiger partial charge on any atom is 0.305 e. The Kier molecular flexibility index (Phi) is 6.85. The topological polar surface area (TPSA) is 29.5 Å². The zero-order valence-corrected chi connectivity index (χ0v) is 13.1. The van der Waals surface area contributed by atoms with E-state index < -0.39 is 0 Å². The van der Waals surface area contributed by atoms with Gasteiger partial charge in [0.2, 0.25) is 0 Å². The first-order valence-electron chi connectivity index (χ1n) is 8.67. The predicted octanol–water partition coefficient (Wildman–Crippen LogP) is 3.62. The number of hydrogen-bond acceptors (Lipinski definition) is 3. The van der Waals surface area contributed by atoms with Crippen molar-refractivity contribution in [1.82, 2.24) is 4.90 Å². The number of esters is 1. The molecule has 0 aromatic rings. The van der Waals surface area contributed by atoms with Gasteiger partial charge in [0.1, 0.15) is 0 Å². The van der Waals surface area contributed by atoms with Crippen LogP contribution in [0.3, 0.4) is 0 Å². The first-order chi connectivity index (χ1) is 9.79. The van der Waals surface area contributed by atoms with Gasteiger partial charge in [-0.2, -0.15) is 0 Å². The third-order valence-electron chi connectivity index (χ3n) is 5.04. The molecule has 2 fully saturated rings. The lowest BCUT2D eigenvalue weighted by molar-refractivity contribution is -0.143. The van der Waals surface area contributed by atoms with E-state index in [0.29, 0.717) is 13.0 Å². The Morgan fingerprint density at radius 3 is 2.70 bits per heavy atom. The van der Waals surface area contributed by atoms with Crippen molar-refractivity contribution in [3.8, 4) is 0 Å². The van der Waals surface area contributed by atoms with Gasteiger partial charge in [-0.15, -0.1) is 0 Å². The highest BCUT2D eigenvalue weighted by Gasteiger charge is 2.30. The second-order valence-electron chi connectivity index (χ2n) is 6.51. The zero-order valence-electron chi connectivity index (χ0n) is 13.1. The van der Waals surface area contributed by atoms with Crippen molar-refractivity contribution in [2.45, 2.75) is 64.7 Å². The molecule has 0 N–H and O–H groups in total. The van der Waals surface area contributed by atoms with E-state index in [0.717, 1.165) is 24.7 Å². The second kappa shape index (κ2) is 8.66. The fourth-order valence-corrected chi connectivity index (χ4v) is 3.89. The molecule has 2 atom stereocenters. The summed E-state index contributed by atoms with van der Waals surface area (Å²) in [4.78, 5) is 13.9.